The Balaban J connectivity index is 1.73. The fourth-order valence-corrected chi connectivity index (χ4v) is 7.04. The van der Waals surface area contributed by atoms with Crippen molar-refractivity contribution in [3.8, 4) is 0 Å². The van der Waals surface area contributed by atoms with E-state index in [1.54, 1.807) is 0 Å². The summed E-state index contributed by atoms with van der Waals surface area (Å²) >= 11 is 0. The zero-order valence-corrected chi connectivity index (χ0v) is 31.5. The zero-order chi connectivity index (χ0) is 34.9. The van der Waals surface area contributed by atoms with E-state index in [1.807, 2.05) is 14.0 Å². The van der Waals surface area contributed by atoms with Gasteiger partial charge in [-0.15, -0.1) is 0 Å². The van der Waals surface area contributed by atoms with Gasteiger partial charge in [-0.1, -0.05) is 142 Å². The van der Waals surface area contributed by atoms with Gasteiger partial charge in [0.05, 0.1) is 12.0 Å². The fraction of sp³-hybridized carbons (Fsp3) is 0.925. The van der Waals surface area contributed by atoms with Crippen molar-refractivity contribution in [3.05, 3.63) is 0 Å². The molecule has 1 unspecified atom stereocenters. The van der Waals surface area contributed by atoms with Crippen LogP contribution in [0.5, 0.6) is 0 Å². The predicted octanol–water partition coefficient (Wildman–Crippen LogP) is 9.50. The largest absolute Gasteiger partial charge is 0.462 e. The Morgan fingerprint density at radius 3 is 1.54 bits per heavy atom. The third-order valence-corrected chi connectivity index (χ3v) is 10.3. The SMILES string of the molecule is CCCCCCCCCCCCCC(=O)O[C@@H]1[C@@H](OC(=O)CCCCCCCCCCCCC)CO[C@@H]1COC(=O)C1(C)CCN(C)C1. The number of likely N-dealkylation sites (tertiary alicyclic amines) is 1. The highest BCUT2D eigenvalue weighted by molar-refractivity contribution is 5.77. The number of hydrogen-bond acceptors (Lipinski definition) is 8. The maximum absolute atomic E-state index is 13.0. The Hall–Kier alpha value is -1.67. The number of esters is 3. The normalized spacial score (nSPS) is 22.6. The molecule has 280 valence electrons. The van der Waals surface area contributed by atoms with Gasteiger partial charge < -0.3 is 23.8 Å². The Kier molecular flexibility index (Phi) is 23.2. The summed E-state index contributed by atoms with van der Waals surface area (Å²) < 4.78 is 23.4. The van der Waals surface area contributed by atoms with Gasteiger partial charge >= 0.3 is 17.9 Å². The lowest BCUT2D eigenvalue weighted by Crippen LogP contribution is -2.41. The van der Waals surface area contributed by atoms with Crippen LogP contribution >= 0.6 is 0 Å². The van der Waals surface area contributed by atoms with Crippen LogP contribution < -0.4 is 0 Å². The fourth-order valence-electron chi connectivity index (χ4n) is 7.04. The molecule has 0 amide bonds. The molecule has 2 heterocycles. The first-order valence-electron chi connectivity index (χ1n) is 20.2. The highest BCUT2D eigenvalue weighted by atomic mass is 16.6. The molecule has 2 aliphatic rings. The summed E-state index contributed by atoms with van der Waals surface area (Å²) in [4.78, 5) is 40.8. The monoisotopic (exact) mass is 680 g/mol. The number of nitrogens with zero attached hydrogens (tertiary/aromatic N) is 1. The smallest absolute Gasteiger partial charge is 0.313 e. The van der Waals surface area contributed by atoms with Crippen molar-refractivity contribution in [1.29, 1.82) is 0 Å². The molecule has 4 atom stereocenters. The molecule has 2 aliphatic heterocycles. The molecule has 48 heavy (non-hydrogen) atoms. The quantitative estimate of drug-likeness (QED) is 0.0439. The molecule has 0 aromatic heterocycles. The van der Waals surface area contributed by atoms with Crippen molar-refractivity contribution in [2.24, 2.45) is 5.41 Å². The van der Waals surface area contributed by atoms with Gasteiger partial charge in [-0.2, -0.15) is 0 Å². The number of hydrogen-bond donors (Lipinski definition) is 0. The van der Waals surface area contributed by atoms with Crippen LogP contribution in [-0.4, -0.2) is 74.5 Å². The summed E-state index contributed by atoms with van der Waals surface area (Å²) in [5, 5.41) is 0. The third kappa shape index (κ3) is 18.4. The number of rotatable bonds is 29. The minimum atomic E-state index is -0.779. The second-order valence-electron chi connectivity index (χ2n) is 15.1. The topological polar surface area (TPSA) is 91.4 Å². The molecule has 8 nitrogen and oxygen atoms in total. The van der Waals surface area contributed by atoms with E-state index < -0.39 is 23.7 Å². The molecule has 2 saturated heterocycles. The number of carbonyl (C=O) groups is 3. The molecule has 8 heteroatoms. The molecule has 0 aromatic rings. The maximum Gasteiger partial charge on any atom is 0.313 e. The summed E-state index contributed by atoms with van der Waals surface area (Å²) in [6, 6.07) is 0. The van der Waals surface area contributed by atoms with E-state index in [-0.39, 0.29) is 31.1 Å². The molecule has 2 fully saturated rings. The maximum atomic E-state index is 13.0. The summed E-state index contributed by atoms with van der Waals surface area (Å²) in [7, 11) is 2.00. The Morgan fingerprint density at radius 1 is 0.667 bits per heavy atom. The van der Waals surface area contributed by atoms with Gasteiger partial charge in [0, 0.05) is 19.4 Å². The van der Waals surface area contributed by atoms with Crippen molar-refractivity contribution >= 4 is 17.9 Å². The number of unbranched alkanes of at least 4 members (excludes halogenated alkanes) is 20. The van der Waals surface area contributed by atoms with Crippen LogP contribution in [0, 0.1) is 5.41 Å². The standard InChI is InChI=1S/C40H73NO7/c1-5-7-9-11-13-15-17-19-21-23-25-27-36(42)47-35-32-45-34(31-46-39(44)40(3)29-30-41(4)33-40)38(35)48-37(43)28-26-24-22-20-18-16-14-12-10-8-6-2/h34-35,38H,5-33H2,1-4H3/t34-,35+,38+,40?/m1/s1. The van der Waals surface area contributed by atoms with Crippen LogP contribution in [-0.2, 0) is 33.3 Å². The molecule has 0 aromatic carbocycles. The van der Waals surface area contributed by atoms with Gasteiger partial charge in [-0.25, -0.2) is 0 Å². The second kappa shape index (κ2) is 26.2. The molecule has 0 saturated carbocycles. The lowest BCUT2D eigenvalue weighted by atomic mass is 9.90. The molecular formula is C40H73NO7. The summed E-state index contributed by atoms with van der Waals surface area (Å²) in [5.41, 5.74) is -0.560. The summed E-state index contributed by atoms with van der Waals surface area (Å²) in [5.74, 6) is -0.864. The van der Waals surface area contributed by atoms with E-state index in [2.05, 4.69) is 18.7 Å². The number of ether oxygens (including phenoxy) is 4. The summed E-state index contributed by atoms with van der Waals surface area (Å²) in [6.07, 6.45) is 26.0. The van der Waals surface area contributed by atoms with Gasteiger partial charge in [0.1, 0.15) is 12.7 Å². The highest BCUT2D eigenvalue weighted by Gasteiger charge is 2.45. The predicted molar refractivity (Wildman–Crippen MR) is 193 cm³/mol. The first-order valence-corrected chi connectivity index (χ1v) is 20.2. The van der Waals surface area contributed by atoms with Gasteiger partial charge in [0.2, 0.25) is 0 Å². The van der Waals surface area contributed by atoms with Crippen LogP contribution in [0.4, 0.5) is 0 Å². The van der Waals surface area contributed by atoms with Gasteiger partial charge in [0.15, 0.2) is 12.2 Å². The molecular weight excluding hydrogens is 606 g/mol. The van der Waals surface area contributed by atoms with Crippen molar-refractivity contribution in [1.82, 2.24) is 4.90 Å². The van der Waals surface area contributed by atoms with Crippen LogP contribution in [0.15, 0.2) is 0 Å². The van der Waals surface area contributed by atoms with E-state index in [9.17, 15) is 14.4 Å². The van der Waals surface area contributed by atoms with E-state index in [4.69, 9.17) is 18.9 Å². The van der Waals surface area contributed by atoms with E-state index in [0.29, 0.717) is 19.4 Å². The molecule has 2 rings (SSSR count). The Morgan fingerprint density at radius 2 is 1.10 bits per heavy atom. The first kappa shape index (κ1) is 42.5. The lowest BCUT2D eigenvalue weighted by molar-refractivity contribution is -0.170. The minimum absolute atomic E-state index is 0.0266. The molecule has 0 N–H and O–H groups in total. The van der Waals surface area contributed by atoms with Crippen molar-refractivity contribution < 1.29 is 33.3 Å². The van der Waals surface area contributed by atoms with Gasteiger partial charge in [-0.05, 0) is 39.8 Å². The average Bonchev–Trinajstić information content (AvgIpc) is 3.62. The lowest BCUT2D eigenvalue weighted by Gasteiger charge is -2.25. The molecule has 0 aliphatic carbocycles. The third-order valence-electron chi connectivity index (χ3n) is 10.3. The molecule has 0 spiro atoms. The van der Waals surface area contributed by atoms with Crippen LogP contribution in [0.25, 0.3) is 0 Å². The van der Waals surface area contributed by atoms with Crippen molar-refractivity contribution in [2.75, 3.05) is 33.4 Å². The first-order chi connectivity index (χ1) is 23.3. The minimum Gasteiger partial charge on any atom is -0.462 e. The van der Waals surface area contributed by atoms with Crippen LogP contribution in [0.2, 0.25) is 0 Å². The van der Waals surface area contributed by atoms with Crippen molar-refractivity contribution in [3.63, 3.8) is 0 Å². The second-order valence-corrected chi connectivity index (χ2v) is 15.1. The summed E-state index contributed by atoms with van der Waals surface area (Å²) in [6.45, 7) is 8.02. The van der Waals surface area contributed by atoms with Gasteiger partial charge in [-0.3, -0.25) is 14.4 Å². The van der Waals surface area contributed by atoms with Gasteiger partial charge in [0.25, 0.3) is 0 Å². The zero-order valence-electron chi connectivity index (χ0n) is 31.5. The van der Waals surface area contributed by atoms with E-state index >= 15 is 0 Å². The van der Waals surface area contributed by atoms with Crippen LogP contribution in [0.1, 0.15) is 181 Å². The van der Waals surface area contributed by atoms with Crippen molar-refractivity contribution in [2.45, 2.75) is 200 Å². The highest BCUT2D eigenvalue weighted by Crippen LogP contribution is 2.31. The Bertz CT molecular complexity index is 867. The average molecular weight is 680 g/mol. The Labute approximate surface area is 294 Å². The molecule has 0 bridgehead atoms. The van der Waals surface area contributed by atoms with E-state index in [0.717, 1.165) is 51.5 Å². The van der Waals surface area contributed by atoms with Crippen LogP contribution in [0.3, 0.4) is 0 Å². The van der Waals surface area contributed by atoms with E-state index in [1.165, 1.54) is 103 Å². The number of carbonyl (C=O) groups excluding carboxylic acids is 3. The molecule has 0 radical (unpaired) electrons.